The Morgan fingerprint density at radius 1 is 1.07 bits per heavy atom. The first kappa shape index (κ1) is 21.7. The summed E-state index contributed by atoms with van der Waals surface area (Å²) in [6.07, 6.45) is 0. The van der Waals surface area contributed by atoms with Gasteiger partial charge in [-0.1, -0.05) is 17.7 Å². The second-order valence-electron chi connectivity index (χ2n) is 7.69. The Morgan fingerprint density at radius 3 is 2.34 bits per heavy atom. The highest BCUT2D eigenvalue weighted by Gasteiger charge is 2.22. The maximum Gasteiger partial charge on any atom is 0.219 e. The van der Waals surface area contributed by atoms with E-state index >= 15 is 0 Å². The molecule has 2 saturated heterocycles. The molecule has 1 aromatic carbocycles. The first-order chi connectivity index (χ1) is 14.0. The quantitative estimate of drug-likeness (QED) is 0.593. The average Bonchev–Trinajstić information content (AvgIpc) is 2.72. The van der Waals surface area contributed by atoms with E-state index in [0.717, 1.165) is 75.4 Å². The van der Waals surface area contributed by atoms with Crippen LogP contribution in [0.4, 0.5) is 5.69 Å². The number of anilines is 1. The van der Waals surface area contributed by atoms with Crippen LogP contribution in [-0.2, 0) is 11.3 Å². The molecular formula is C21H33ClN6O. The molecule has 2 fully saturated rings. The molecule has 0 aromatic heterocycles. The minimum absolute atomic E-state index is 0.138. The number of amides is 1. The van der Waals surface area contributed by atoms with E-state index in [2.05, 4.69) is 40.1 Å². The number of rotatable bonds is 4. The number of guanidine groups is 1. The smallest absolute Gasteiger partial charge is 0.219 e. The molecule has 3 rings (SSSR count). The zero-order valence-electron chi connectivity index (χ0n) is 17.8. The number of likely N-dealkylation sites (N-methyl/N-ethyl adjacent to an activating group) is 1. The van der Waals surface area contributed by atoms with Crippen molar-refractivity contribution < 1.29 is 4.79 Å². The zero-order chi connectivity index (χ0) is 20.8. The third-order valence-corrected chi connectivity index (χ3v) is 6.04. The molecule has 0 aliphatic carbocycles. The van der Waals surface area contributed by atoms with Gasteiger partial charge >= 0.3 is 0 Å². The molecule has 0 atom stereocenters. The molecule has 2 heterocycles. The van der Waals surface area contributed by atoms with Crippen LogP contribution in [0, 0.1) is 0 Å². The topological polar surface area (TPSA) is 54.4 Å². The number of nitrogens with one attached hydrogen (secondary N) is 1. The summed E-state index contributed by atoms with van der Waals surface area (Å²) in [6, 6.07) is 6.13. The Balaban J connectivity index is 1.75. The average molecular weight is 421 g/mol. The molecule has 1 N–H and O–H groups in total. The fraction of sp³-hybridized carbons (Fsp3) is 0.619. The van der Waals surface area contributed by atoms with E-state index in [1.54, 1.807) is 6.92 Å². The number of piperazine rings is 2. The lowest BCUT2D eigenvalue weighted by Crippen LogP contribution is -2.53. The maximum absolute atomic E-state index is 11.6. The Hall–Kier alpha value is -1.99. The Labute approximate surface area is 179 Å². The van der Waals surface area contributed by atoms with Gasteiger partial charge < -0.3 is 24.9 Å². The number of benzene rings is 1. The summed E-state index contributed by atoms with van der Waals surface area (Å²) in [5.41, 5.74) is 2.27. The zero-order valence-corrected chi connectivity index (χ0v) is 18.6. The number of halogens is 1. The van der Waals surface area contributed by atoms with Gasteiger partial charge in [0.1, 0.15) is 0 Å². The highest BCUT2D eigenvalue weighted by molar-refractivity contribution is 6.31. The van der Waals surface area contributed by atoms with Crippen LogP contribution in [0.3, 0.4) is 0 Å². The SMILES string of the molecule is CCNC(=NCc1c(Cl)cccc1N1CCN(C)CC1)N1CCN(C(C)=O)CC1. The molecular weight excluding hydrogens is 388 g/mol. The largest absolute Gasteiger partial charge is 0.369 e. The van der Waals surface area contributed by atoms with Gasteiger partial charge in [-0.15, -0.1) is 0 Å². The van der Waals surface area contributed by atoms with E-state index in [-0.39, 0.29) is 5.91 Å². The van der Waals surface area contributed by atoms with Crippen LogP contribution in [0.1, 0.15) is 19.4 Å². The first-order valence-electron chi connectivity index (χ1n) is 10.5. The van der Waals surface area contributed by atoms with Crippen LogP contribution >= 0.6 is 11.6 Å². The van der Waals surface area contributed by atoms with Crippen molar-refractivity contribution in [1.29, 1.82) is 0 Å². The van der Waals surface area contributed by atoms with E-state index in [0.29, 0.717) is 6.54 Å². The van der Waals surface area contributed by atoms with Crippen LogP contribution in [0.25, 0.3) is 0 Å². The van der Waals surface area contributed by atoms with E-state index in [4.69, 9.17) is 16.6 Å². The van der Waals surface area contributed by atoms with Gasteiger partial charge in [-0.2, -0.15) is 0 Å². The Bertz CT molecular complexity index is 724. The van der Waals surface area contributed by atoms with Crippen molar-refractivity contribution in [2.45, 2.75) is 20.4 Å². The predicted molar refractivity (Wildman–Crippen MR) is 120 cm³/mol. The summed E-state index contributed by atoms with van der Waals surface area (Å²) in [5.74, 6) is 1.03. The fourth-order valence-electron chi connectivity index (χ4n) is 3.86. The lowest BCUT2D eigenvalue weighted by Gasteiger charge is -2.36. The Morgan fingerprint density at radius 2 is 1.72 bits per heavy atom. The molecule has 0 radical (unpaired) electrons. The number of aliphatic imine (C=N–C) groups is 1. The van der Waals surface area contributed by atoms with Crippen molar-refractivity contribution in [3.63, 3.8) is 0 Å². The molecule has 2 aliphatic heterocycles. The molecule has 0 bridgehead atoms. The lowest BCUT2D eigenvalue weighted by molar-refractivity contribution is -0.130. The van der Waals surface area contributed by atoms with Crippen molar-refractivity contribution in [3.05, 3.63) is 28.8 Å². The minimum atomic E-state index is 0.138. The highest BCUT2D eigenvalue weighted by Crippen LogP contribution is 2.29. The summed E-state index contributed by atoms with van der Waals surface area (Å²) in [7, 11) is 2.16. The second kappa shape index (κ2) is 10.2. The molecule has 2 aliphatic rings. The number of hydrogen-bond donors (Lipinski definition) is 1. The monoisotopic (exact) mass is 420 g/mol. The molecule has 160 valence electrons. The van der Waals surface area contributed by atoms with Crippen molar-refractivity contribution in [3.8, 4) is 0 Å². The van der Waals surface area contributed by atoms with Gasteiger partial charge in [0.05, 0.1) is 6.54 Å². The van der Waals surface area contributed by atoms with Crippen LogP contribution in [-0.4, -0.2) is 92.5 Å². The Kier molecular flexibility index (Phi) is 7.61. The summed E-state index contributed by atoms with van der Waals surface area (Å²) < 4.78 is 0. The van der Waals surface area contributed by atoms with E-state index in [1.807, 2.05) is 17.0 Å². The third kappa shape index (κ3) is 5.54. The number of carbonyl (C=O) groups is 1. The van der Waals surface area contributed by atoms with Gasteiger partial charge in [0.2, 0.25) is 5.91 Å². The maximum atomic E-state index is 11.6. The highest BCUT2D eigenvalue weighted by atomic mass is 35.5. The van der Waals surface area contributed by atoms with E-state index in [9.17, 15) is 4.79 Å². The van der Waals surface area contributed by atoms with Gasteiger partial charge in [0.15, 0.2) is 5.96 Å². The van der Waals surface area contributed by atoms with Crippen LogP contribution in [0.5, 0.6) is 0 Å². The van der Waals surface area contributed by atoms with Gasteiger partial charge in [-0.3, -0.25) is 4.79 Å². The van der Waals surface area contributed by atoms with Crippen LogP contribution in [0.2, 0.25) is 5.02 Å². The lowest BCUT2D eigenvalue weighted by atomic mass is 10.1. The number of nitrogens with zero attached hydrogens (tertiary/aromatic N) is 5. The van der Waals surface area contributed by atoms with Crippen molar-refractivity contribution in [2.75, 3.05) is 70.9 Å². The summed E-state index contributed by atoms with van der Waals surface area (Å²) in [5, 5.41) is 4.17. The van der Waals surface area contributed by atoms with Gasteiger partial charge in [0.25, 0.3) is 0 Å². The second-order valence-corrected chi connectivity index (χ2v) is 8.10. The van der Waals surface area contributed by atoms with E-state index in [1.165, 1.54) is 5.69 Å². The fourth-order valence-corrected chi connectivity index (χ4v) is 4.09. The van der Waals surface area contributed by atoms with Crippen LogP contribution in [0.15, 0.2) is 23.2 Å². The molecule has 8 heteroatoms. The number of hydrogen-bond acceptors (Lipinski definition) is 4. The molecule has 0 spiro atoms. The summed E-state index contributed by atoms with van der Waals surface area (Å²) >= 11 is 6.59. The number of carbonyl (C=O) groups excluding carboxylic acids is 1. The van der Waals surface area contributed by atoms with Crippen molar-refractivity contribution in [2.24, 2.45) is 4.99 Å². The molecule has 0 unspecified atom stereocenters. The van der Waals surface area contributed by atoms with Gasteiger partial charge in [0, 0.05) is 82.1 Å². The van der Waals surface area contributed by atoms with Crippen LogP contribution < -0.4 is 10.2 Å². The van der Waals surface area contributed by atoms with Crippen molar-refractivity contribution in [1.82, 2.24) is 20.0 Å². The standard InChI is InChI=1S/C21H33ClN6O/c1-4-23-21(28-14-12-26(13-15-28)17(2)29)24-16-18-19(22)6-5-7-20(18)27-10-8-25(3)9-11-27/h5-7H,4,8-16H2,1-3H3,(H,23,24). The van der Waals surface area contributed by atoms with E-state index < -0.39 is 0 Å². The van der Waals surface area contributed by atoms with Gasteiger partial charge in [-0.05, 0) is 26.1 Å². The molecule has 29 heavy (non-hydrogen) atoms. The van der Waals surface area contributed by atoms with Gasteiger partial charge in [-0.25, -0.2) is 4.99 Å². The molecule has 1 amide bonds. The third-order valence-electron chi connectivity index (χ3n) is 5.68. The normalized spacial score (nSPS) is 18.9. The predicted octanol–water partition coefficient (Wildman–Crippen LogP) is 1.72. The molecule has 1 aromatic rings. The van der Waals surface area contributed by atoms with Crippen molar-refractivity contribution >= 4 is 29.2 Å². The summed E-state index contributed by atoms with van der Waals surface area (Å²) in [6.45, 7) is 12.2. The molecule has 7 nitrogen and oxygen atoms in total. The summed E-state index contributed by atoms with van der Waals surface area (Å²) in [4.78, 5) is 25.4. The first-order valence-corrected chi connectivity index (χ1v) is 10.9. The minimum Gasteiger partial charge on any atom is -0.369 e. The molecule has 0 saturated carbocycles.